The van der Waals surface area contributed by atoms with E-state index in [1.807, 2.05) is 16.7 Å². The van der Waals surface area contributed by atoms with E-state index in [1.165, 1.54) is 0 Å². The molecule has 2 rings (SSSR count). The third-order valence-electron chi connectivity index (χ3n) is 2.93. The summed E-state index contributed by atoms with van der Waals surface area (Å²) < 4.78 is 0.194. The van der Waals surface area contributed by atoms with Crippen LogP contribution in [0.15, 0.2) is 0 Å². The largest absolute Gasteiger partial charge is 0.339 e. The molecular weight excluding hydrogens is 196 g/mol. The van der Waals surface area contributed by atoms with Gasteiger partial charge in [-0.1, -0.05) is 0 Å². The molecule has 1 saturated heterocycles. The maximum atomic E-state index is 12.0. The van der Waals surface area contributed by atoms with Crippen LogP contribution in [0.3, 0.4) is 0 Å². The fourth-order valence-electron chi connectivity index (χ4n) is 1.85. The zero-order valence-corrected chi connectivity index (χ0v) is 9.69. The van der Waals surface area contributed by atoms with Crippen LogP contribution in [0.4, 0.5) is 0 Å². The summed E-state index contributed by atoms with van der Waals surface area (Å²) in [7, 11) is 0. The number of carbonyl (C=O) groups excluding carboxylic acids is 1. The van der Waals surface area contributed by atoms with Crippen LogP contribution >= 0.6 is 11.8 Å². The summed E-state index contributed by atoms with van der Waals surface area (Å²) in [5.74, 6) is 1.21. The van der Waals surface area contributed by atoms with Crippen molar-refractivity contribution in [2.75, 3.05) is 18.8 Å². The smallest absolute Gasteiger partial charge is 0.242 e. The Bertz CT molecular complexity index is 261. The fourth-order valence-corrected chi connectivity index (χ4v) is 2.96. The molecule has 14 heavy (non-hydrogen) atoms. The molecule has 3 nitrogen and oxygen atoms in total. The lowest BCUT2D eigenvalue weighted by Crippen LogP contribution is -2.52. The van der Waals surface area contributed by atoms with Crippen LogP contribution in [0.1, 0.15) is 26.7 Å². The van der Waals surface area contributed by atoms with Crippen LogP contribution in [0.5, 0.6) is 0 Å². The summed E-state index contributed by atoms with van der Waals surface area (Å²) in [6, 6.07) is 0. The molecule has 1 heterocycles. The van der Waals surface area contributed by atoms with E-state index in [9.17, 15) is 4.79 Å². The molecule has 0 radical (unpaired) electrons. The van der Waals surface area contributed by atoms with Gasteiger partial charge in [0.05, 0.1) is 5.54 Å². The van der Waals surface area contributed by atoms with Gasteiger partial charge in [0.25, 0.3) is 0 Å². The molecule has 2 aliphatic rings. The van der Waals surface area contributed by atoms with E-state index in [4.69, 9.17) is 5.73 Å². The minimum Gasteiger partial charge on any atom is -0.339 e. The van der Waals surface area contributed by atoms with Gasteiger partial charge < -0.3 is 10.6 Å². The number of thioether (sulfide) groups is 1. The van der Waals surface area contributed by atoms with Crippen LogP contribution in [-0.4, -0.2) is 39.9 Å². The molecule has 0 aromatic heterocycles. The van der Waals surface area contributed by atoms with Gasteiger partial charge in [-0.05, 0) is 26.7 Å². The maximum absolute atomic E-state index is 12.0. The Hall–Kier alpha value is -0.220. The Morgan fingerprint density at radius 3 is 2.57 bits per heavy atom. The van der Waals surface area contributed by atoms with E-state index in [0.29, 0.717) is 0 Å². The minimum absolute atomic E-state index is 0.172. The Kier molecular flexibility index (Phi) is 2.31. The molecule has 80 valence electrons. The second-order valence-corrected chi connectivity index (χ2v) is 6.79. The zero-order valence-electron chi connectivity index (χ0n) is 8.88. The van der Waals surface area contributed by atoms with E-state index in [1.54, 1.807) is 0 Å². The first-order valence-electron chi connectivity index (χ1n) is 5.15. The number of nitrogens with two attached hydrogens (primary N) is 1. The third-order valence-corrected chi connectivity index (χ3v) is 4.22. The molecule has 4 heteroatoms. The molecule has 0 aromatic rings. The van der Waals surface area contributed by atoms with E-state index >= 15 is 0 Å². The Morgan fingerprint density at radius 1 is 1.43 bits per heavy atom. The standard InChI is InChI=1S/C10H18N2OS/c1-9(2)7-12(5-6-14-9)8(13)10(11)3-4-10/h3-7,11H2,1-2H3. The van der Waals surface area contributed by atoms with Gasteiger partial charge in [-0.2, -0.15) is 11.8 Å². The van der Waals surface area contributed by atoms with Crippen LogP contribution in [0.25, 0.3) is 0 Å². The summed E-state index contributed by atoms with van der Waals surface area (Å²) in [4.78, 5) is 13.9. The molecule has 1 amide bonds. The van der Waals surface area contributed by atoms with Gasteiger partial charge in [0.15, 0.2) is 0 Å². The molecule has 0 spiro atoms. The highest BCUT2D eigenvalue weighted by Gasteiger charge is 2.49. The molecule has 1 aliphatic heterocycles. The van der Waals surface area contributed by atoms with Crippen LogP contribution in [0, 0.1) is 0 Å². The average Bonchev–Trinajstić information content (AvgIpc) is 2.82. The molecule has 1 aliphatic carbocycles. The number of carbonyl (C=O) groups is 1. The van der Waals surface area contributed by atoms with Gasteiger partial charge in [-0.25, -0.2) is 0 Å². The summed E-state index contributed by atoms with van der Waals surface area (Å²) >= 11 is 1.94. The minimum atomic E-state index is -0.488. The highest BCUT2D eigenvalue weighted by molar-refractivity contribution is 8.00. The number of amides is 1. The number of hydrogen-bond donors (Lipinski definition) is 1. The van der Waals surface area contributed by atoms with Crippen molar-refractivity contribution in [1.82, 2.24) is 4.90 Å². The predicted octanol–water partition coefficient (Wildman–Crippen LogP) is 0.832. The van der Waals surface area contributed by atoms with E-state index < -0.39 is 5.54 Å². The first-order valence-corrected chi connectivity index (χ1v) is 6.14. The van der Waals surface area contributed by atoms with Gasteiger partial charge in [0.1, 0.15) is 0 Å². The number of rotatable bonds is 1. The molecule has 0 atom stereocenters. The highest BCUT2D eigenvalue weighted by atomic mass is 32.2. The van der Waals surface area contributed by atoms with Crippen molar-refractivity contribution in [1.29, 1.82) is 0 Å². The van der Waals surface area contributed by atoms with E-state index in [2.05, 4.69) is 13.8 Å². The second kappa shape index (κ2) is 3.14. The van der Waals surface area contributed by atoms with Crippen molar-refractivity contribution in [3.63, 3.8) is 0 Å². The monoisotopic (exact) mass is 214 g/mol. The maximum Gasteiger partial charge on any atom is 0.242 e. The van der Waals surface area contributed by atoms with Gasteiger partial charge >= 0.3 is 0 Å². The van der Waals surface area contributed by atoms with Crippen molar-refractivity contribution in [3.8, 4) is 0 Å². The Morgan fingerprint density at radius 2 is 2.07 bits per heavy atom. The lowest BCUT2D eigenvalue weighted by atomic mass is 10.1. The van der Waals surface area contributed by atoms with Crippen molar-refractivity contribution >= 4 is 17.7 Å². The molecule has 2 N–H and O–H groups in total. The zero-order chi connectivity index (χ0) is 10.4. The van der Waals surface area contributed by atoms with E-state index in [0.717, 1.165) is 31.7 Å². The summed E-state index contributed by atoms with van der Waals surface area (Å²) in [5.41, 5.74) is 5.42. The number of nitrogens with zero attached hydrogens (tertiary/aromatic N) is 1. The molecule has 1 saturated carbocycles. The summed E-state index contributed by atoms with van der Waals surface area (Å²) in [5, 5.41) is 0. The van der Waals surface area contributed by atoms with Crippen LogP contribution in [-0.2, 0) is 4.79 Å². The second-order valence-electron chi connectivity index (χ2n) is 4.99. The molecule has 0 aromatic carbocycles. The molecule has 0 unspecified atom stereocenters. The molecular formula is C10H18N2OS. The number of hydrogen-bond acceptors (Lipinski definition) is 3. The third kappa shape index (κ3) is 1.91. The van der Waals surface area contributed by atoms with Gasteiger partial charge in [0, 0.05) is 23.6 Å². The fraction of sp³-hybridized carbons (Fsp3) is 0.900. The predicted molar refractivity (Wildman–Crippen MR) is 59.3 cm³/mol. The van der Waals surface area contributed by atoms with Gasteiger partial charge in [-0.15, -0.1) is 0 Å². The van der Waals surface area contributed by atoms with Gasteiger partial charge in [0.2, 0.25) is 5.91 Å². The Balaban J connectivity index is 2.01. The average molecular weight is 214 g/mol. The van der Waals surface area contributed by atoms with Crippen LogP contribution < -0.4 is 5.73 Å². The van der Waals surface area contributed by atoms with Crippen molar-refractivity contribution in [2.45, 2.75) is 37.0 Å². The van der Waals surface area contributed by atoms with Gasteiger partial charge in [-0.3, -0.25) is 4.79 Å². The van der Waals surface area contributed by atoms with Crippen molar-refractivity contribution in [3.05, 3.63) is 0 Å². The Labute approximate surface area is 89.4 Å². The SMILES string of the molecule is CC1(C)CN(C(=O)C2(N)CC2)CCS1. The first kappa shape index (κ1) is 10.3. The van der Waals surface area contributed by atoms with Crippen molar-refractivity contribution < 1.29 is 4.79 Å². The highest BCUT2D eigenvalue weighted by Crippen LogP contribution is 2.37. The lowest BCUT2D eigenvalue weighted by Gasteiger charge is -2.38. The van der Waals surface area contributed by atoms with Crippen molar-refractivity contribution in [2.24, 2.45) is 5.73 Å². The molecule has 2 fully saturated rings. The van der Waals surface area contributed by atoms with E-state index in [-0.39, 0.29) is 10.7 Å². The quantitative estimate of drug-likeness (QED) is 0.703. The summed E-state index contributed by atoms with van der Waals surface area (Å²) in [6.45, 7) is 6.09. The lowest BCUT2D eigenvalue weighted by molar-refractivity contribution is -0.133. The normalized spacial score (nSPS) is 28.6. The first-order chi connectivity index (χ1) is 6.43. The molecule has 0 bridgehead atoms. The topological polar surface area (TPSA) is 46.3 Å². The summed E-state index contributed by atoms with van der Waals surface area (Å²) in [6.07, 6.45) is 1.74. The van der Waals surface area contributed by atoms with Crippen LogP contribution in [0.2, 0.25) is 0 Å².